The number of aromatic nitrogens is 3. The van der Waals surface area contributed by atoms with Crippen LogP contribution in [0.3, 0.4) is 0 Å². The molecule has 0 radical (unpaired) electrons. The maximum atomic E-state index is 12.5. The zero-order chi connectivity index (χ0) is 15.0. The zero-order valence-electron chi connectivity index (χ0n) is 12.2. The van der Waals surface area contributed by atoms with Crippen molar-refractivity contribution in [1.29, 1.82) is 0 Å². The lowest BCUT2D eigenvalue weighted by atomic mass is 10.1. The molecule has 2 aromatic heterocycles. The number of hydrogen-bond donors (Lipinski definition) is 1. The Morgan fingerprint density at radius 1 is 1.38 bits per heavy atom. The molecule has 2 heterocycles. The smallest absolute Gasteiger partial charge is 0.253 e. The van der Waals surface area contributed by atoms with Crippen LogP contribution in [0.4, 0.5) is 0 Å². The van der Waals surface area contributed by atoms with Gasteiger partial charge in [0.25, 0.3) is 5.91 Å². The molecule has 0 bridgehead atoms. The fourth-order valence-electron chi connectivity index (χ4n) is 2.28. The molecule has 0 saturated carbocycles. The molecule has 1 amide bonds. The summed E-state index contributed by atoms with van der Waals surface area (Å²) in [7, 11) is 1.81. The Hall–Kier alpha value is -2.21. The van der Waals surface area contributed by atoms with Gasteiger partial charge in [-0.3, -0.25) is 9.89 Å². The third kappa shape index (κ3) is 2.67. The van der Waals surface area contributed by atoms with Crippen LogP contribution in [0.5, 0.6) is 0 Å². The SMILES string of the molecule is Cc1ncc(CN(C)C(=O)c2ccc3n[nH]c(C)c3c2)s1. The Morgan fingerprint density at radius 3 is 2.90 bits per heavy atom. The Morgan fingerprint density at radius 2 is 2.19 bits per heavy atom. The van der Waals surface area contributed by atoms with Crippen LogP contribution in [0.15, 0.2) is 24.4 Å². The van der Waals surface area contributed by atoms with E-state index in [0.29, 0.717) is 12.1 Å². The molecule has 0 aliphatic carbocycles. The number of fused-ring (bicyclic) bond motifs is 1. The molecule has 0 spiro atoms. The maximum Gasteiger partial charge on any atom is 0.253 e. The van der Waals surface area contributed by atoms with Crippen molar-refractivity contribution >= 4 is 28.1 Å². The van der Waals surface area contributed by atoms with Crippen molar-refractivity contribution in [2.75, 3.05) is 7.05 Å². The molecule has 0 fully saturated rings. The van der Waals surface area contributed by atoms with Gasteiger partial charge in [0, 0.05) is 34.8 Å². The largest absolute Gasteiger partial charge is 0.337 e. The summed E-state index contributed by atoms with van der Waals surface area (Å²) in [6.45, 7) is 4.49. The van der Waals surface area contributed by atoms with E-state index < -0.39 is 0 Å². The van der Waals surface area contributed by atoms with E-state index in [2.05, 4.69) is 15.2 Å². The molecule has 21 heavy (non-hydrogen) atoms. The van der Waals surface area contributed by atoms with E-state index in [0.717, 1.165) is 26.5 Å². The zero-order valence-corrected chi connectivity index (χ0v) is 13.0. The summed E-state index contributed by atoms with van der Waals surface area (Å²) < 4.78 is 0. The average Bonchev–Trinajstić information content (AvgIpc) is 3.04. The molecule has 0 unspecified atom stereocenters. The summed E-state index contributed by atoms with van der Waals surface area (Å²) >= 11 is 1.62. The number of benzene rings is 1. The predicted octanol–water partition coefficient (Wildman–Crippen LogP) is 2.91. The highest BCUT2D eigenvalue weighted by Gasteiger charge is 2.14. The highest BCUT2D eigenvalue weighted by molar-refractivity contribution is 7.11. The number of carbonyl (C=O) groups excluding carboxylic acids is 1. The van der Waals surface area contributed by atoms with Crippen LogP contribution in [0.1, 0.15) is 25.9 Å². The van der Waals surface area contributed by atoms with Gasteiger partial charge in [-0.25, -0.2) is 4.98 Å². The number of hydrogen-bond acceptors (Lipinski definition) is 4. The quantitative estimate of drug-likeness (QED) is 0.809. The Bertz CT molecular complexity index is 805. The number of nitrogens with one attached hydrogen (secondary N) is 1. The van der Waals surface area contributed by atoms with Crippen molar-refractivity contribution in [3.05, 3.63) is 45.5 Å². The molecule has 0 atom stereocenters. The van der Waals surface area contributed by atoms with Gasteiger partial charge >= 0.3 is 0 Å². The first-order valence-corrected chi connectivity index (χ1v) is 7.48. The van der Waals surface area contributed by atoms with E-state index in [1.165, 1.54) is 0 Å². The second kappa shape index (κ2) is 5.29. The second-order valence-corrected chi connectivity index (χ2v) is 6.41. The van der Waals surface area contributed by atoms with Crippen molar-refractivity contribution in [2.45, 2.75) is 20.4 Å². The van der Waals surface area contributed by atoms with E-state index in [-0.39, 0.29) is 5.91 Å². The van der Waals surface area contributed by atoms with Crippen LogP contribution in [-0.4, -0.2) is 33.0 Å². The molecule has 0 aliphatic heterocycles. The fourth-order valence-corrected chi connectivity index (χ4v) is 3.12. The van der Waals surface area contributed by atoms with Crippen LogP contribution in [0.25, 0.3) is 10.9 Å². The monoisotopic (exact) mass is 300 g/mol. The van der Waals surface area contributed by atoms with Crippen molar-refractivity contribution < 1.29 is 4.79 Å². The Labute approximate surface area is 126 Å². The van der Waals surface area contributed by atoms with Crippen molar-refractivity contribution in [2.24, 2.45) is 0 Å². The summed E-state index contributed by atoms with van der Waals surface area (Å²) in [5.74, 6) is 0.00329. The first kappa shape index (κ1) is 13.8. The molecule has 5 nitrogen and oxygen atoms in total. The first-order chi connectivity index (χ1) is 10.0. The standard InChI is InChI=1S/C15H16N4OS/c1-9-13-6-11(4-5-14(13)18-17-9)15(20)19(3)8-12-7-16-10(2)21-12/h4-7H,8H2,1-3H3,(H,17,18). The van der Waals surface area contributed by atoms with Gasteiger partial charge in [-0.05, 0) is 32.0 Å². The molecule has 1 aromatic carbocycles. The number of H-pyrrole nitrogens is 1. The number of thiazole rings is 1. The normalized spacial score (nSPS) is 11.0. The minimum absolute atomic E-state index is 0.00329. The van der Waals surface area contributed by atoms with Gasteiger partial charge in [0.1, 0.15) is 0 Å². The van der Waals surface area contributed by atoms with Gasteiger partial charge in [0.05, 0.1) is 17.1 Å². The number of carbonyl (C=O) groups is 1. The van der Waals surface area contributed by atoms with Gasteiger partial charge < -0.3 is 4.90 Å². The van der Waals surface area contributed by atoms with Crippen LogP contribution >= 0.6 is 11.3 Å². The van der Waals surface area contributed by atoms with Gasteiger partial charge in [-0.1, -0.05) is 0 Å². The topological polar surface area (TPSA) is 61.9 Å². The molecular formula is C15H16N4OS. The van der Waals surface area contributed by atoms with Crippen molar-refractivity contribution in [3.8, 4) is 0 Å². The molecule has 108 valence electrons. The van der Waals surface area contributed by atoms with E-state index >= 15 is 0 Å². The van der Waals surface area contributed by atoms with E-state index in [1.807, 2.05) is 45.3 Å². The first-order valence-electron chi connectivity index (χ1n) is 6.66. The number of aryl methyl sites for hydroxylation is 2. The van der Waals surface area contributed by atoms with Crippen LogP contribution < -0.4 is 0 Å². The summed E-state index contributed by atoms with van der Waals surface area (Å²) in [4.78, 5) is 19.5. The lowest BCUT2D eigenvalue weighted by Crippen LogP contribution is -2.25. The fraction of sp³-hybridized carbons (Fsp3) is 0.267. The van der Waals surface area contributed by atoms with Gasteiger partial charge in [0.15, 0.2) is 0 Å². The lowest BCUT2D eigenvalue weighted by Gasteiger charge is -2.16. The molecule has 3 rings (SSSR count). The highest BCUT2D eigenvalue weighted by Crippen LogP contribution is 2.19. The Balaban J connectivity index is 1.83. The van der Waals surface area contributed by atoms with Gasteiger partial charge in [-0.2, -0.15) is 5.10 Å². The molecule has 1 N–H and O–H groups in total. The summed E-state index contributed by atoms with van der Waals surface area (Å²) in [5, 5.41) is 9.11. The number of rotatable bonds is 3. The van der Waals surface area contributed by atoms with Crippen molar-refractivity contribution in [1.82, 2.24) is 20.1 Å². The summed E-state index contributed by atoms with van der Waals surface area (Å²) in [6, 6.07) is 5.58. The number of amides is 1. The van der Waals surface area contributed by atoms with E-state index in [1.54, 1.807) is 16.2 Å². The molecule has 0 saturated heterocycles. The van der Waals surface area contributed by atoms with Crippen molar-refractivity contribution in [3.63, 3.8) is 0 Å². The second-order valence-electron chi connectivity index (χ2n) is 5.09. The number of nitrogens with zero attached hydrogens (tertiary/aromatic N) is 3. The highest BCUT2D eigenvalue weighted by atomic mass is 32.1. The van der Waals surface area contributed by atoms with Gasteiger partial charge in [0.2, 0.25) is 0 Å². The predicted molar refractivity (Wildman–Crippen MR) is 83.5 cm³/mol. The van der Waals surface area contributed by atoms with Gasteiger partial charge in [-0.15, -0.1) is 11.3 Å². The van der Waals surface area contributed by atoms with E-state index in [4.69, 9.17) is 0 Å². The molecule has 0 aliphatic rings. The molecular weight excluding hydrogens is 284 g/mol. The summed E-state index contributed by atoms with van der Waals surface area (Å²) in [5.41, 5.74) is 2.53. The minimum Gasteiger partial charge on any atom is -0.337 e. The summed E-state index contributed by atoms with van der Waals surface area (Å²) in [6.07, 6.45) is 1.83. The van der Waals surface area contributed by atoms with Crippen LogP contribution in [-0.2, 0) is 6.54 Å². The third-order valence-electron chi connectivity index (χ3n) is 3.40. The molecule has 3 aromatic rings. The Kier molecular flexibility index (Phi) is 3.47. The minimum atomic E-state index is 0.00329. The van der Waals surface area contributed by atoms with Crippen LogP contribution in [0.2, 0.25) is 0 Å². The van der Waals surface area contributed by atoms with Crippen LogP contribution in [0, 0.1) is 13.8 Å². The molecule has 6 heteroatoms. The van der Waals surface area contributed by atoms with E-state index in [9.17, 15) is 4.79 Å². The average molecular weight is 300 g/mol. The third-order valence-corrected chi connectivity index (χ3v) is 4.30. The lowest BCUT2D eigenvalue weighted by molar-refractivity contribution is 0.0786. The number of aromatic amines is 1. The maximum absolute atomic E-state index is 12.5.